The maximum absolute atomic E-state index is 12.1. The molecular formula is C13H18Cl2N4O. The van der Waals surface area contributed by atoms with Gasteiger partial charge < -0.3 is 10.6 Å². The van der Waals surface area contributed by atoms with Crippen LogP contribution in [0.15, 0.2) is 18.2 Å². The van der Waals surface area contributed by atoms with Crippen molar-refractivity contribution in [1.82, 2.24) is 16.2 Å². The van der Waals surface area contributed by atoms with E-state index in [1.54, 1.807) is 18.2 Å². The Balaban J connectivity index is 2.01. The summed E-state index contributed by atoms with van der Waals surface area (Å²) >= 11 is 11.9. The first-order valence-corrected chi connectivity index (χ1v) is 7.05. The highest BCUT2D eigenvalue weighted by Gasteiger charge is 2.35. The lowest BCUT2D eigenvalue weighted by Crippen LogP contribution is -2.70. The molecular weight excluding hydrogens is 299 g/mol. The molecule has 0 spiro atoms. The third kappa shape index (κ3) is 3.76. The van der Waals surface area contributed by atoms with Crippen LogP contribution in [0.4, 0.5) is 5.69 Å². The van der Waals surface area contributed by atoms with E-state index in [1.165, 1.54) is 0 Å². The molecule has 2 atom stereocenters. The van der Waals surface area contributed by atoms with E-state index in [4.69, 9.17) is 23.2 Å². The summed E-state index contributed by atoms with van der Waals surface area (Å²) in [5.41, 5.74) is 6.57. The number of nitrogens with one attached hydrogen (secondary N) is 4. The number of halogens is 2. The first-order chi connectivity index (χ1) is 9.25. The van der Waals surface area contributed by atoms with E-state index in [2.05, 4.69) is 21.5 Å². The van der Waals surface area contributed by atoms with Crippen LogP contribution < -0.4 is 21.5 Å². The van der Waals surface area contributed by atoms with Gasteiger partial charge in [0.05, 0.1) is 0 Å². The second-order valence-corrected chi connectivity index (χ2v) is 6.70. The van der Waals surface area contributed by atoms with Crippen molar-refractivity contribution < 1.29 is 4.79 Å². The minimum absolute atomic E-state index is 0.0677. The van der Waals surface area contributed by atoms with Gasteiger partial charge in [-0.1, -0.05) is 44.0 Å². The van der Waals surface area contributed by atoms with Crippen LogP contribution in [-0.2, 0) is 4.79 Å². The normalized spacial score (nSPS) is 23.4. The molecule has 1 saturated heterocycles. The SMILES string of the molecule is CC(C)(C)C1NNC(Nc2cc(Cl)cc(Cl)c2)NC1=O. The van der Waals surface area contributed by atoms with E-state index < -0.39 is 6.29 Å². The molecule has 110 valence electrons. The summed E-state index contributed by atoms with van der Waals surface area (Å²) < 4.78 is 0. The zero-order valence-electron chi connectivity index (χ0n) is 11.6. The molecule has 0 saturated carbocycles. The highest BCUT2D eigenvalue weighted by molar-refractivity contribution is 6.35. The molecule has 1 aromatic carbocycles. The molecule has 1 aliphatic rings. The quantitative estimate of drug-likeness (QED) is 0.676. The first kappa shape index (κ1) is 15.4. The summed E-state index contributed by atoms with van der Waals surface area (Å²) in [4.78, 5) is 12.1. The van der Waals surface area contributed by atoms with Gasteiger partial charge in [-0.15, -0.1) is 0 Å². The average molecular weight is 317 g/mol. The van der Waals surface area contributed by atoms with Crippen molar-refractivity contribution in [1.29, 1.82) is 0 Å². The largest absolute Gasteiger partial charge is 0.352 e. The Labute approximate surface area is 128 Å². The fourth-order valence-corrected chi connectivity index (χ4v) is 2.51. The molecule has 2 rings (SSSR count). The van der Waals surface area contributed by atoms with Gasteiger partial charge in [0.2, 0.25) is 5.91 Å². The molecule has 2 unspecified atom stereocenters. The topological polar surface area (TPSA) is 65.2 Å². The fourth-order valence-electron chi connectivity index (χ4n) is 1.98. The number of carbonyl (C=O) groups is 1. The van der Waals surface area contributed by atoms with E-state index in [0.717, 1.165) is 5.69 Å². The highest BCUT2D eigenvalue weighted by Crippen LogP contribution is 2.23. The van der Waals surface area contributed by atoms with Crippen LogP contribution >= 0.6 is 23.2 Å². The molecule has 0 aliphatic carbocycles. The van der Waals surface area contributed by atoms with Crippen LogP contribution in [0.1, 0.15) is 20.8 Å². The monoisotopic (exact) mass is 316 g/mol. The van der Waals surface area contributed by atoms with Crippen molar-refractivity contribution in [2.45, 2.75) is 33.1 Å². The third-order valence-corrected chi connectivity index (χ3v) is 3.40. The summed E-state index contributed by atoms with van der Waals surface area (Å²) in [6.07, 6.45) is -0.435. The van der Waals surface area contributed by atoms with E-state index in [0.29, 0.717) is 10.0 Å². The molecule has 4 N–H and O–H groups in total. The van der Waals surface area contributed by atoms with Gasteiger partial charge in [-0.2, -0.15) is 0 Å². The van der Waals surface area contributed by atoms with Gasteiger partial charge in [0, 0.05) is 15.7 Å². The van der Waals surface area contributed by atoms with Gasteiger partial charge in [-0.3, -0.25) is 4.79 Å². The molecule has 0 radical (unpaired) electrons. The maximum Gasteiger partial charge on any atom is 0.241 e. The molecule has 1 amide bonds. The smallest absolute Gasteiger partial charge is 0.241 e. The predicted octanol–water partition coefficient (Wildman–Crippen LogP) is 2.33. The van der Waals surface area contributed by atoms with Gasteiger partial charge in [0.1, 0.15) is 6.04 Å². The van der Waals surface area contributed by atoms with E-state index >= 15 is 0 Å². The van der Waals surface area contributed by atoms with Crippen molar-refractivity contribution >= 4 is 34.8 Å². The fraction of sp³-hybridized carbons (Fsp3) is 0.462. The van der Waals surface area contributed by atoms with E-state index in [9.17, 15) is 4.79 Å². The number of carbonyl (C=O) groups excluding carboxylic acids is 1. The van der Waals surface area contributed by atoms with Gasteiger partial charge >= 0.3 is 0 Å². The Hall–Kier alpha value is -1.01. The zero-order valence-corrected chi connectivity index (χ0v) is 13.1. The van der Waals surface area contributed by atoms with Crippen molar-refractivity contribution in [3.63, 3.8) is 0 Å². The Kier molecular flexibility index (Phi) is 4.44. The summed E-state index contributed by atoms with van der Waals surface area (Å²) in [7, 11) is 0. The van der Waals surface area contributed by atoms with E-state index in [-0.39, 0.29) is 17.4 Å². The molecule has 1 aromatic rings. The second-order valence-electron chi connectivity index (χ2n) is 5.83. The molecule has 1 aliphatic heterocycles. The first-order valence-electron chi connectivity index (χ1n) is 6.30. The third-order valence-electron chi connectivity index (χ3n) is 2.96. The standard InChI is InChI=1S/C13H18Cl2N4O/c1-13(2,3)10-11(20)17-12(19-18-10)16-9-5-7(14)4-8(15)6-9/h4-6,10,12,16,18-19H,1-3H3,(H,17,20). The molecule has 20 heavy (non-hydrogen) atoms. The lowest BCUT2D eigenvalue weighted by Gasteiger charge is -2.38. The van der Waals surface area contributed by atoms with Crippen LogP contribution in [0.2, 0.25) is 10.0 Å². The van der Waals surface area contributed by atoms with E-state index in [1.807, 2.05) is 20.8 Å². The van der Waals surface area contributed by atoms with Gasteiger partial charge in [-0.05, 0) is 23.6 Å². The van der Waals surface area contributed by atoms with Crippen molar-refractivity contribution in [2.24, 2.45) is 5.41 Å². The van der Waals surface area contributed by atoms with Crippen LogP contribution in [0.5, 0.6) is 0 Å². The summed E-state index contributed by atoms with van der Waals surface area (Å²) in [6.45, 7) is 5.99. The number of benzene rings is 1. The molecule has 5 nitrogen and oxygen atoms in total. The second kappa shape index (κ2) is 5.77. The van der Waals surface area contributed by atoms with Gasteiger partial charge in [0.25, 0.3) is 0 Å². The zero-order chi connectivity index (χ0) is 14.9. The molecule has 7 heteroatoms. The molecule has 0 aromatic heterocycles. The highest BCUT2D eigenvalue weighted by atomic mass is 35.5. The number of amides is 1. The van der Waals surface area contributed by atoms with Crippen LogP contribution in [0, 0.1) is 5.41 Å². The van der Waals surface area contributed by atoms with Crippen LogP contribution in [0.25, 0.3) is 0 Å². The summed E-state index contributed by atoms with van der Waals surface area (Å²) in [5, 5.41) is 7.00. The maximum atomic E-state index is 12.1. The minimum Gasteiger partial charge on any atom is -0.352 e. The molecule has 0 bridgehead atoms. The van der Waals surface area contributed by atoms with Crippen LogP contribution in [0.3, 0.4) is 0 Å². The number of rotatable bonds is 2. The van der Waals surface area contributed by atoms with Crippen LogP contribution in [-0.4, -0.2) is 18.2 Å². The number of hydrogen-bond donors (Lipinski definition) is 4. The lowest BCUT2D eigenvalue weighted by atomic mass is 9.86. The van der Waals surface area contributed by atoms with Gasteiger partial charge in [0.15, 0.2) is 6.29 Å². The predicted molar refractivity (Wildman–Crippen MR) is 81.5 cm³/mol. The number of anilines is 1. The van der Waals surface area contributed by atoms with Crippen molar-refractivity contribution in [2.75, 3.05) is 5.32 Å². The molecule has 1 fully saturated rings. The van der Waals surface area contributed by atoms with Gasteiger partial charge in [-0.25, -0.2) is 10.9 Å². The Morgan fingerprint density at radius 2 is 1.70 bits per heavy atom. The number of hydrogen-bond acceptors (Lipinski definition) is 4. The Morgan fingerprint density at radius 3 is 2.20 bits per heavy atom. The van der Waals surface area contributed by atoms with Crippen molar-refractivity contribution in [3.8, 4) is 0 Å². The summed E-state index contributed by atoms with van der Waals surface area (Å²) in [6, 6.07) is 4.81. The minimum atomic E-state index is -0.435. The number of hydrazine groups is 1. The Bertz CT molecular complexity index is 495. The molecule has 1 heterocycles. The Morgan fingerprint density at radius 1 is 1.10 bits per heavy atom. The average Bonchev–Trinajstić information content (AvgIpc) is 2.25. The lowest BCUT2D eigenvalue weighted by molar-refractivity contribution is -0.129. The summed E-state index contributed by atoms with van der Waals surface area (Å²) in [5.74, 6) is -0.0677. The van der Waals surface area contributed by atoms with Crippen molar-refractivity contribution in [3.05, 3.63) is 28.2 Å².